The first-order chi connectivity index (χ1) is 10.8. The highest BCUT2D eigenvalue weighted by molar-refractivity contribution is 7.13. The monoisotopic (exact) mass is 326 g/mol. The molecule has 3 heterocycles. The second kappa shape index (κ2) is 7.15. The van der Waals surface area contributed by atoms with Crippen molar-refractivity contribution in [2.24, 2.45) is 0 Å². The first-order valence-electron chi connectivity index (χ1n) is 6.78. The van der Waals surface area contributed by atoms with Gasteiger partial charge in [-0.3, -0.25) is 9.78 Å². The summed E-state index contributed by atoms with van der Waals surface area (Å²) in [6, 6.07) is 10.1. The minimum Gasteiger partial charge on any atom is -0.348 e. The molecule has 1 N–H and O–H groups in total. The first kappa shape index (κ1) is 14.7. The van der Waals surface area contributed by atoms with Crippen molar-refractivity contribution in [2.75, 3.05) is 0 Å². The van der Waals surface area contributed by atoms with Crippen molar-refractivity contribution < 1.29 is 4.79 Å². The highest BCUT2D eigenvalue weighted by Gasteiger charge is 2.02. The van der Waals surface area contributed by atoms with Gasteiger partial charge in [0.1, 0.15) is 0 Å². The fourth-order valence-corrected chi connectivity index (χ4v) is 3.28. The minimum absolute atomic E-state index is 0.102. The molecule has 0 aliphatic rings. The molecular formula is C17H14N2OS2. The quantitative estimate of drug-likeness (QED) is 0.714. The van der Waals surface area contributed by atoms with Crippen LogP contribution in [0.1, 0.15) is 10.4 Å². The molecule has 5 heteroatoms. The highest BCUT2D eigenvalue weighted by atomic mass is 32.1. The zero-order chi connectivity index (χ0) is 15.2. The van der Waals surface area contributed by atoms with Gasteiger partial charge in [-0.05, 0) is 40.6 Å². The van der Waals surface area contributed by atoms with Gasteiger partial charge in [0.2, 0.25) is 5.91 Å². The summed E-state index contributed by atoms with van der Waals surface area (Å²) >= 11 is 3.28. The van der Waals surface area contributed by atoms with Crippen LogP contribution in [-0.2, 0) is 11.3 Å². The second-order valence-electron chi connectivity index (χ2n) is 4.63. The summed E-state index contributed by atoms with van der Waals surface area (Å²) in [7, 11) is 0. The van der Waals surface area contributed by atoms with Crippen LogP contribution in [0.25, 0.3) is 16.5 Å². The zero-order valence-corrected chi connectivity index (χ0v) is 13.4. The topological polar surface area (TPSA) is 42.0 Å². The number of thiophene rings is 2. The standard InChI is InChI=1S/C17H14N2OS2/c20-17(6-5-15-3-1-7-21-15)19-11-13-9-14(12-18-10-13)16-4-2-8-22-16/h1-10,12H,11H2,(H,19,20). The van der Waals surface area contributed by atoms with Gasteiger partial charge in [0.05, 0.1) is 0 Å². The molecule has 0 unspecified atom stereocenters. The fourth-order valence-electron chi connectivity index (χ4n) is 1.95. The third-order valence-corrected chi connectivity index (χ3v) is 4.77. The number of nitrogens with one attached hydrogen (secondary N) is 1. The molecule has 0 aromatic carbocycles. The number of hydrogen-bond acceptors (Lipinski definition) is 4. The predicted octanol–water partition coefficient (Wildman–Crippen LogP) is 4.20. The van der Waals surface area contributed by atoms with E-state index in [1.807, 2.05) is 41.2 Å². The van der Waals surface area contributed by atoms with Crippen molar-refractivity contribution in [1.29, 1.82) is 0 Å². The van der Waals surface area contributed by atoms with E-state index in [1.165, 1.54) is 4.88 Å². The molecule has 3 rings (SSSR count). The fraction of sp³-hybridized carbons (Fsp3) is 0.0588. The van der Waals surface area contributed by atoms with E-state index in [0.29, 0.717) is 6.54 Å². The van der Waals surface area contributed by atoms with Crippen LogP contribution < -0.4 is 5.32 Å². The Labute approximate surface area is 137 Å². The van der Waals surface area contributed by atoms with Crippen LogP contribution in [0.5, 0.6) is 0 Å². The van der Waals surface area contributed by atoms with E-state index in [9.17, 15) is 4.79 Å². The number of aromatic nitrogens is 1. The lowest BCUT2D eigenvalue weighted by molar-refractivity contribution is -0.116. The van der Waals surface area contributed by atoms with E-state index in [1.54, 1.807) is 34.9 Å². The Morgan fingerprint density at radius 2 is 2.05 bits per heavy atom. The summed E-state index contributed by atoms with van der Waals surface area (Å²) in [4.78, 5) is 18.3. The number of pyridine rings is 1. The Kier molecular flexibility index (Phi) is 4.78. The van der Waals surface area contributed by atoms with Crippen molar-refractivity contribution in [2.45, 2.75) is 6.54 Å². The lowest BCUT2D eigenvalue weighted by Crippen LogP contribution is -2.20. The summed E-state index contributed by atoms with van der Waals surface area (Å²) in [6.45, 7) is 0.472. The van der Waals surface area contributed by atoms with Crippen molar-refractivity contribution in [3.05, 3.63) is 70.0 Å². The maximum atomic E-state index is 11.8. The molecule has 0 fully saturated rings. The average Bonchev–Trinajstić information content (AvgIpc) is 3.24. The highest BCUT2D eigenvalue weighted by Crippen LogP contribution is 2.24. The molecule has 0 saturated carbocycles. The lowest BCUT2D eigenvalue weighted by atomic mass is 10.2. The summed E-state index contributed by atoms with van der Waals surface area (Å²) in [5, 5.41) is 6.90. The number of carbonyl (C=O) groups excluding carboxylic acids is 1. The molecule has 110 valence electrons. The molecule has 22 heavy (non-hydrogen) atoms. The van der Waals surface area contributed by atoms with Gasteiger partial charge < -0.3 is 5.32 Å². The molecule has 3 aromatic rings. The molecule has 0 spiro atoms. The summed E-state index contributed by atoms with van der Waals surface area (Å²) in [5.41, 5.74) is 2.07. The zero-order valence-electron chi connectivity index (χ0n) is 11.7. The van der Waals surface area contributed by atoms with Crippen molar-refractivity contribution in [3.63, 3.8) is 0 Å². The largest absolute Gasteiger partial charge is 0.348 e. The molecule has 0 radical (unpaired) electrons. The van der Waals surface area contributed by atoms with Crippen molar-refractivity contribution >= 4 is 34.7 Å². The van der Waals surface area contributed by atoms with Gasteiger partial charge in [0, 0.05) is 40.3 Å². The molecule has 0 bridgehead atoms. The Morgan fingerprint density at radius 1 is 1.18 bits per heavy atom. The van der Waals surface area contributed by atoms with Crippen LogP contribution in [0.15, 0.2) is 59.6 Å². The normalized spacial score (nSPS) is 10.9. The average molecular weight is 326 g/mol. The second-order valence-corrected chi connectivity index (χ2v) is 6.55. The molecule has 0 saturated heterocycles. The number of rotatable bonds is 5. The van der Waals surface area contributed by atoms with Gasteiger partial charge >= 0.3 is 0 Å². The van der Waals surface area contributed by atoms with Gasteiger partial charge in [-0.2, -0.15) is 0 Å². The van der Waals surface area contributed by atoms with Crippen LogP contribution >= 0.6 is 22.7 Å². The van der Waals surface area contributed by atoms with E-state index in [4.69, 9.17) is 0 Å². The molecule has 0 atom stereocenters. The summed E-state index contributed by atoms with van der Waals surface area (Å²) in [6.07, 6.45) is 7.00. The van der Waals surface area contributed by atoms with Crippen LogP contribution in [-0.4, -0.2) is 10.9 Å². The molecule has 0 aliphatic carbocycles. The Morgan fingerprint density at radius 3 is 2.82 bits per heavy atom. The third kappa shape index (κ3) is 3.90. The predicted molar refractivity (Wildman–Crippen MR) is 92.7 cm³/mol. The van der Waals surface area contributed by atoms with Crippen LogP contribution in [0, 0.1) is 0 Å². The summed E-state index contributed by atoms with van der Waals surface area (Å²) in [5.74, 6) is -0.102. The molecular weight excluding hydrogens is 312 g/mol. The van der Waals surface area contributed by atoms with Gasteiger partial charge in [0.15, 0.2) is 0 Å². The van der Waals surface area contributed by atoms with Crippen LogP contribution in [0.3, 0.4) is 0 Å². The smallest absolute Gasteiger partial charge is 0.244 e. The number of carbonyl (C=O) groups is 1. The van der Waals surface area contributed by atoms with Gasteiger partial charge in [-0.1, -0.05) is 12.1 Å². The van der Waals surface area contributed by atoms with E-state index < -0.39 is 0 Å². The molecule has 0 aliphatic heterocycles. The van der Waals surface area contributed by atoms with E-state index in [2.05, 4.69) is 22.4 Å². The maximum absolute atomic E-state index is 11.8. The van der Waals surface area contributed by atoms with Crippen molar-refractivity contribution in [1.82, 2.24) is 10.3 Å². The number of nitrogens with zero attached hydrogens (tertiary/aromatic N) is 1. The first-order valence-corrected chi connectivity index (χ1v) is 8.54. The lowest BCUT2D eigenvalue weighted by Gasteiger charge is -2.04. The van der Waals surface area contributed by atoms with Crippen molar-refractivity contribution in [3.8, 4) is 10.4 Å². The maximum Gasteiger partial charge on any atom is 0.244 e. The van der Waals surface area contributed by atoms with E-state index >= 15 is 0 Å². The Hall–Kier alpha value is -2.24. The third-order valence-electron chi connectivity index (χ3n) is 3.01. The Balaban J connectivity index is 1.59. The van der Waals surface area contributed by atoms with Gasteiger partial charge in [-0.15, -0.1) is 22.7 Å². The van der Waals surface area contributed by atoms with Gasteiger partial charge in [-0.25, -0.2) is 0 Å². The molecule has 1 amide bonds. The summed E-state index contributed by atoms with van der Waals surface area (Å²) < 4.78 is 0. The molecule has 3 aromatic heterocycles. The number of hydrogen-bond donors (Lipinski definition) is 1. The Bertz CT molecular complexity index is 762. The van der Waals surface area contributed by atoms with E-state index in [-0.39, 0.29) is 5.91 Å². The molecule has 3 nitrogen and oxygen atoms in total. The van der Waals surface area contributed by atoms with Crippen LogP contribution in [0.4, 0.5) is 0 Å². The van der Waals surface area contributed by atoms with E-state index in [0.717, 1.165) is 16.0 Å². The minimum atomic E-state index is -0.102. The van der Waals surface area contributed by atoms with Gasteiger partial charge in [0.25, 0.3) is 0 Å². The number of amides is 1. The SMILES string of the molecule is O=C(C=Cc1cccs1)NCc1cncc(-c2cccs2)c1. The van der Waals surface area contributed by atoms with Crippen LogP contribution in [0.2, 0.25) is 0 Å².